The first-order valence-corrected chi connectivity index (χ1v) is 8.21. The minimum Gasteiger partial charge on any atom is -0.477 e. The Morgan fingerprint density at radius 3 is 2.33 bits per heavy atom. The van der Waals surface area contributed by atoms with Gasteiger partial charge in [-0.15, -0.1) is 0 Å². The second-order valence-electron chi connectivity index (χ2n) is 6.72. The number of nitrogens with zero attached hydrogens (tertiary/aromatic N) is 1. The number of hydrogen-bond donors (Lipinski definition) is 3. The van der Waals surface area contributed by atoms with E-state index in [0.717, 1.165) is 5.56 Å². The average molecular weight is 371 g/mol. The number of carboxylic acid groups (broad SMARTS) is 1. The maximum Gasteiger partial charge on any atom is 0.407 e. The largest absolute Gasteiger partial charge is 0.477 e. The summed E-state index contributed by atoms with van der Waals surface area (Å²) in [5.41, 5.74) is 0.441. The zero-order valence-corrected chi connectivity index (χ0v) is 15.3. The smallest absolute Gasteiger partial charge is 0.407 e. The molecule has 0 aliphatic heterocycles. The molecule has 1 heterocycles. The number of aromatic carboxylic acids is 1. The number of ether oxygens (including phenoxy) is 1. The molecular formula is C19H21N3O5. The van der Waals surface area contributed by atoms with E-state index in [1.165, 1.54) is 18.2 Å². The van der Waals surface area contributed by atoms with Gasteiger partial charge in [0.2, 0.25) is 0 Å². The molecule has 0 unspecified atom stereocenters. The second-order valence-corrected chi connectivity index (χ2v) is 6.72. The number of nitrogens with one attached hydrogen (secondary N) is 2. The normalized spacial score (nSPS) is 10.8. The molecule has 0 fully saturated rings. The van der Waals surface area contributed by atoms with Gasteiger partial charge in [0.05, 0.1) is 0 Å². The molecule has 0 spiro atoms. The van der Waals surface area contributed by atoms with Gasteiger partial charge in [-0.25, -0.2) is 14.6 Å². The predicted molar refractivity (Wildman–Crippen MR) is 98.7 cm³/mol. The van der Waals surface area contributed by atoms with Gasteiger partial charge in [-0.3, -0.25) is 4.79 Å². The molecule has 2 rings (SSSR count). The molecule has 0 aliphatic carbocycles. The first kappa shape index (κ1) is 19.9. The topological polar surface area (TPSA) is 118 Å². The van der Waals surface area contributed by atoms with Crippen LogP contribution in [0.3, 0.4) is 0 Å². The van der Waals surface area contributed by atoms with E-state index in [2.05, 4.69) is 15.6 Å². The Kier molecular flexibility index (Phi) is 6.12. The number of carboxylic acids is 1. The fourth-order valence-electron chi connectivity index (χ4n) is 2.07. The van der Waals surface area contributed by atoms with Gasteiger partial charge in [-0.2, -0.15) is 0 Å². The summed E-state index contributed by atoms with van der Waals surface area (Å²) in [7, 11) is 0. The van der Waals surface area contributed by atoms with Crippen LogP contribution in [-0.2, 0) is 11.3 Å². The van der Waals surface area contributed by atoms with Crippen LogP contribution in [0.5, 0.6) is 0 Å². The number of hydrogen-bond acceptors (Lipinski definition) is 5. The standard InChI is InChI=1S/C19H21N3O5/c1-19(2,3)27-18(26)20-11-12-7-9-13(10-8-12)16(23)22-15-6-4-5-14(21-15)17(24)25/h4-10H,11H2,1-3H3,(H,20,26)(H,24,25)(H,21,22,23). The lowest BCUT2D eigenvalue weighted by Gasteiger charge is -2.19. The number of carbonyl (C=O) groups is 3. The highest BCUT2D eigenvalue weighted by Gasteiger charge is 2.15. The number of pyridine rings is 1. The minimum atomic E-state index is -1.17. The van der Waals surface area contributed by atoms with Gasteiger partial charge in [-0.1, -0.05) is 18.2 Å². The van der Waals surface area contributed by atoms with Crippen molar-refractivity contribution in [2.75, 3.05) is 5.32 Å². The molecule has 1 aromatic carbocycles. The Balaban J connectivity index is 1.94. The quantitative estimate of drug-likeness (QED) is 0.743. The van der Waals surface area contributed by atoms with Crippen LogP contribution in [0.1, 0.15) is 47.2 Å². The molecule has 0 bridgehead atoms. The van der Waals surface area contributed by atoms with Crippen LogP contribution in [0.15, 0.2) is 42.5 Å². The van der Waals surface area contributed by atoms with E-state index < -0.39 is 23.6 Å². The third-order valence-corrected chi connectivity index (χ3v) is 3.26. The summed E-state index contributed by atoms with van der Waals surface area (Å²) in [4.78, 5) is 38.6. The lowest BCUT2D eigenvalue weighted by atomic mass is 10.1. The molecule has 27 heavy (non-hydrogen) atoms. The monoisotopic (exact) mass is 371 g/mol. The number of carbonyl (C=O) groups excluding carboxylic acids is 2. The molecule has 8 nitrogen and oxygen atoms in total. The van der Waals surface area contributed by atoms with Crippen molar-refractivity contribution in [2.45, 2.75) is 32.9 Å². The summed E-state index contributed by atoms with van der Waals surface area (Å²) in [6.07, 6.45) is -0.520. The van der Waals surface area contributed by atoms with Crippen molar-refractivity contribution in [1.29, 1.82) is 0 Å². The van der Waals surface area contributed by atoms with Gasteiger partial charge >= 0.3 is 12.1 Å². The Morgan fingerprint density at radius 1 is 1.07 bits per heavy atom. The molecule has 8 heteroatoms. The maximum atomic E-state index is 12.2. The van der Waals surface area contributed by atoms with Crippen LogP contribution in [0.2, 0.25) is 0 Å². The molecule has 2 aromatic rings. The summed E-state index contributed by atoms with van der Waals surface area (Å²) in [5, 5.41) is 14.1. The molecule has 142 valence electrons. The van der Waals surface area contributed by atoms with E-state index in [4.69, 9.17) is 9.84 Å². The van der Waals surface area contributed by atoms with E-state index in [0.29, 0.717) is 5.56 Å². The fourth-order valence-corrected chi connectivity index (χ4v) is 2.07. The lowest BCUT2D eigenvalue weighted by molar-refractivity contribution is 0.0522. The summed E-state index contributed by atoms with van der Waals surface area (Å²) in [6, 6.07) is 10.9. The molecule has 0 saturated heterocycles. The van der Waals surface area contributed by atoms with E-state index in [-0.39, 0.29) is 18.1 Å². The maximum absolute atomic E-state index is 12.2. The zero-order valence-electron chi connectivity index (χ0n) is 15.3. The molecular weight excluding hydrogens is 350 g/mol. The van der Waals surface area contributed by atoms with Crippen LogP contribution >= 0.6 is 0 Å². The van der Waals surface area contributed by atoms with Crippen molar-refractivity contribution < 1.29 is 24.2 Å². The van der Waals surface area contributed by atoms with Gasteiger partial charge in [0, 0.05) is 12.1 Å². The number of amides is 2. The Hall–Kier alpha value is -3.42. The summed E-state index contributed by atoms with van der Waals surface area (Å²) < 4.78 is 5.15. The van der Waals surface area contributed by atoms with Crippen molar-refractivity contribution in [1.82, 2.24) is 10.3 Å². The van der Waals surface area contributed by atoms with Crippen LogP contribution in [0.25, 0.3) is 0 Å². The highest BCUT2D eigenvalue weighted by atomic mass is 16.6. The molecule has 0 aliphatic rings. The van der Waals surface area contributed by atoms with Crippen molar-refractivity contribution in [3.8, 4) is 0 Å². The molecule has 1 aromatic heterocycles. The fraction of sp³-hybridized carbons (Fsp3) is 0.263. The number of alkyl carbamates (subject to hydrolysis) is 1. The predicted octanol–water partition coefficient (Wildman–Crippen LogP) is 3.06. The average Bonchev–Trinajstić information content (AvgIpc) is 2.59. The van der Waals surface area contributed by atoms with E-state index in [1.54, 1.807) is 45.0 Å². The van der Waals surface area contributed by atoms with Gasteiger partial charge in [0.25, 0.3) is 5.91 Å². The SMILES string of the molecule is CC(C)(C)OC(=O)NCc1ccc(C(=O)Nc2cccc(C(=O)O)n2)cc1. The molecule has 0 radical (unpaired) electrons. The van der Waals surface area contributed by atoms with Crippen molar-refractivity contribution in [3.05, 3.63) is 59.3 Å². The van der Waals surface area contributed by atoms with Crippen molar-refractivity contribution in [3.63, 3.8) is 0 Å². The molecule has 3 N–H and O–H groups in total. The summed E-state index contributed by atoms with van der Waals surface area (Å²) in [5.74, 6) is -1.44. The highest BCUT2D eigenvalue weighted by molar-refractivity contribution is 6.04. The molecule has 2 amide bonds. The Bertz CT molecular complexity index is 841. The molecule has 0 saturated carbocycles. The first-order chi connectivity index (χ1) is 12.6. The van der Waals surface area contributed by atoms with E-state index in [1.807, 2.05) is 0 Å². The van der Waals surface area contributed by atoms with E-state index >= 15 is 0 Å². The Labute approximate surface area is 156 Å². The third kappa shape index (κ3) is 6.43. The van der Waals surface area contributed by atoms with E-state index in [9.17, 15) is 14.4 Å². The lowest BCUT2D eigenvalue weighted by Crippen LogP contribution is -2.32. The van der Waals surface area contributed by atoms with Crippen LogP contribution in [-0.4, -0.2) is 33.7 Å². The summed E-state index contributed by atoms with van der Waals surface area (Å²) >= 11 is 0. The zero-order chi connectivity index (χ0) is 20.0. The number of anilines is 1. The highest BCUT2D eigenvalue weighted by Crippen LogP contribution is 2.10. The minimum absolute atomic E-state index is 0.149. The van der Waals surface area contributed by atoms with Gasteiger partial charge in [0.15, 0.2) is 5.69 Å². The number of aromatic nitrogens is 1. The van der Waals surface area contributed by atoms with Crippen LogP contribution in [0.4, 0.5) is 10.6 Å². The van der Waals surface area contributed by atoms with Crippen molar-refractivity contribution >= 4 is 23.8 Å². The van der Waals surface area contributed by atoms with Crippen LogP contribution in [0, 0.1) is 0 Å². The summed E-state index contributed by atoms with van der Waals surface area (Å²) in [6.45, 7) is 5.60. The number of benzene rings is 1. The van der Waals surface area contributed by atoms with Crippen LogP contribution < -0.4 is 10.6 Å². The Morgan fingerprint density at radius 2 is 1.74 bits per heavy atom. The van der Waals surface area contributed by atoms with Gasteiger partial charge < -0.3 is 20.5 Å². The van der Waals surface area contributed by atoms with Gasteiger partial charge in [0.1, 0.15) is 11.4 Å². The third-order valence-electron chi connectivity index (χ3n) is 3.26. The molecule has 0 atom stereocenters. The first-order valence-electron chi connectivity index (χ1n) is 8.21. The second kappa shape index (κ2) is 8.31. The number of rotatable bonds is 5. The van der Waals surface area contributed by atoms with Crippen molar-refractivity contribution in [2.24, 2.45) is 0 Å². The van der Waals surface area contributed by atoms with Gasteiger partial charge in [-0.05, 0) is 50.6 Å².